The van der Waals surface area contributed by atoms with Crippen molar-refractivity contribution in [3.8, 4) is 0 Å². The van der Waals surface area contributed by atoms with E-state index in [9.17, 15) is 4.79 Å². The second-order valence-electron chi connectivity index (χ2n) is 6.29. The lowest BCUT2D eigenvalue weighted by molar-refractivity contribution is 0.0462. The van der Waals surface area contributed by atoms with Crippen LogP contribution in [0.1, 0.15) is 29.0 Å². The first-order valence-electron chi connectivity index (χ1n) is 8.68. The van der Waals surface area contributed by atoms with Crippen LogP contribution in [-0.4, -0.2) is 39.0 Å². The number of carbonyl (C=O) groups excluding carboxylic acids is 1. The smallest absolute Gasteiger partial charge is 0.342 e. The van der Waals surface area contributed by atoms with Gasteiger partial charge in [-0.25, -0.2) is 9.78 Å². The molecule has 1 aromatic carbocycles. The maximum absolute atomic E-state index is 12.8. The number of benzene rings is 1. The summed E-state index contributed by atoms with van der Waals surface area (Å²) in [6.07, 6.45) is 2.15. The van der Waals surface area contributed by atoms with Gasteiger partial charge in [0.25, 0.3) is 0 Å². The average Bonchev–Trinajstić information content (AvgIpc) is 3.19. The summed E-state index contributed by atoms with van der Waals surface area (Å²) in [7, 11) is 0. The van der Waals surface area contributed by atoms with Gasteiger partial charge in [0.05, 0.1) is 5.52 Å². The Balaban J connectivity index is 1.64. The number of anilines is 3. The van der Waals surface area contributed by atoms with Crippen LogP contribution in [0.25, 0.3) is 10.9 Å². The molecule has 0 aliphatic carbocycles. The third-order valence-corrected chi connectivity index (χ3v) is 4.38. The predicted octanol–water partition coefficient (Wildman–Crippen LogP) is 1.54. The fraction of sp³-hybridized carbons (Fsp3) is 0.278. The van der Waals surface area contributed by atoms with Gasteiger partial charge in [0.2, 0.25) is 11.9 Å². The lowest BCUT2D eigenvalue weighted by Gasteiger charge is -2.20. The van der Waals surface area contributed by atoms with Crippen LogP contribution in [0.4, 0.5) is 17.7 Å². The number of ether oxygens (including phenoxy) is 1. The highest BCUT2D eigenvalue weighted by Crippen LogP contribution is 2.27. The quantitative estimate of drug-likeness (QED) is 0.660. The Kier molecular flexibility index (Phi) is 4.41. The normalized spacial score (nSPS) is 13.9. The first-order chi connectivity index (χ1) is 13.1. The van der Waals surface area contributed by atoms with Gasteiger partial charge >= 0.3 is 5.97 Å². The van der Waals surface area contributed by atoms with Crippen molar-refractivity contribution in [3.05, 3.63) is 41.7 Å². The van der Waals surface area contributed by atoms with Gasteiger partial charge in [-0.2, -0.15) is 15.0 Å². The van der Waals surface area contributed by atoms with Gasteiger partial charge in [0.15, 0.2) is 12.4 Å². The maximum Gasteiger partial charge on any atom is 0.342 e. The first-order valence-corrected chi connectivity index (χ1v) is 8.68. The van der Waals surface area contributed by atoms with Crippen LogP contribution in [-0.2, 0) is 11.3 Å². The average molecular weight is 365 g/mol. The number of nitrogens with zero attached hydrogens (tertiary/aromatic N) is 5. The van der Waals surface area contributed by atoms with E-state index in [1.54, 1.807) is 0 Å². The standard InChI is InChI=1S/C18H19N7O2/c19-17-22-14(23-18(20)24-17)10-27-16(26)12-9-11-5-1-2-6-13(11)21-15(12)25-7-3-4-8-25/h1-2,5-6,9H,3-4,7-8,10H2,(H4,19,20,22,23,24). The van der Waals surface area contributed by atoms with E-state index in [0.29, 0.717) is 11.4 Å². The molecule has 1 fully saturated rings. The minimum absolute atomic E-state index is 0.0151. The summed E-state index contributed by atoms with van der Waals surface area (Å²) in [6.45, 7) is 1.58. The number of nitrogens with two attached hydrogens (primary N) is 2. The molecule has 3 heterocycles. The molecule has 0 saturated carbocycles. The number of nitrogen functional groups attached to an aromatic ring is 2. The third kappa shape index (κ3) is 3.57. The molecular formula is C18H19N7O2. The fourth-order valence-electron chi connectivity index (χ4n) is 3.16. The van der Waals surface area contributed by atoms with E-state index in [-0.39, 0.29) is 24.3 Å². The van der Waals surface area contributed by atoms with Crippen LogP contribution in [0.2, 0.25) is 0 Å². The molecule has 138 valence electrons. The van der Waals surface area contributed by atoms with Crippen molar-refractivity contribution in [2.75, 3.05) is 29.5 Å². The maximum atomic E-state index is 12.8. The topological polar surface area (TPSA) is 133 Å². The van der Waals surface area contributed by atoms with E-state index in [1.165, 1.54) is 0 Å². The summed E-state index contributed by atoms with van der Waals surface area (Å²) in [5.41, 5.74) is 12.4. The Morgan fingerprint density at radius 1 is 1.04 bits per heavy atom. The van der Waals surface area contributed by atoms with Gasteiger partial charge in [0.1, 0.15) is 11.4 Å². The second kappa shape index (κ2) is 7.02. The molecule has 9 heteroatoms. The molecule has 27 heavy (non-hydrogen) atoms. The molecule has 1 aliphatic heterocycles. The highest BCUT2D eigenvalue weighted by molar-refractivity contribution is 5.99. The number of hydrogen-bond donors (Lipinski definition) is 2. The third-order valence-electron chi connectivity index (χ3n) is 4.38. The molecule has 3 aromatic rings. The van der Waals surface area contributed by atoms with Crippen molar-refractivity contribution >= 4 is 34.6 Å². The number of esters is 1. The minimum atomic E-state index is -0.493. The molecule has 0 bridgehead atoms. The summed E-state index contributed by atoms with van der Waals surface area (Å²) in [6, 6.07) is 9.50. The minimum Gasteiger partial charge on any atom is -0.454 e. The lowest BCUT2D eigenvalue weighted by Crippen LogP contribution is -2.23. The molecule has 0 radical (unpaired) electrons. The number of carbonyl (C=O) groups is 1. The molecule has 2 aromatic heterocycles. The predicted molar refractivity (Wildman–Crippen MR) is 101 cm³/mol. The zero-order valence-corrected chi connectivity index (χ0v) is 14.6. The highest BCUT2D eigenvalue weighted by Gasteiger charge is 2.23. The molecule has 0 amide bonds. The SMILES string of the molecule is Nc1nc(N)nc(COC(=O)c2cc3ccccc3nc2N2CCCC2)n1. The van der Waals surface area contributed by atoms with Crippen LogP contribution >= 0.6 is 0 Å². The van der Waals surface area contributed by atoms with E-state index in [1.807, 2.05) is 30.3 Å². The van der Waals surface area contributed by atoms with Crippen molar-refractivity contribution in [1.82, 2.24) is 19.9 Å². The molecular weight excluding hydrogens is 346 g/mol. The van der Waals surface area contributed by atoms with Gasteiger partial charge in [-0.3, -0.25) is 0 Å². The van der Waals surface area contributed by atoms with Crippen LogP contribution in [0.3, 0.4) is 0 Å². The van der Waals surface area contributed by atoms with Crippen molar-refractivity contribution in [2.24, 2.45) is 0 Å². The van der Waals surface area contributed by atoms with Gasteiger partial charge in [0, 0.05) is 18.5 Å². The Morgan fingerprint density at radius 3 is 2.48 bits per heavy atom. The number of para-hydroxylation sites is 1. The molecule has 4 rings (SSSR count). The summed E-state index contributed by atoms with van der Waals surface area (Å²) >= 11 is 0. The Morgan fingerprint density at radius 2 is 1.74 bits per heavy atom. The fourth-order valence-corrected chi connectivity index (χ4v) is 3.16. The van der Waals surface area contributed by atoms with Crippen LogP contribution in [0, 0.1) is 0 Å². The summed E-state index contributed by atoms with van der Waals surface area (Å²) < 4.78 is 5.40. The largest absolute Gasteiger partial charge is 0.454 e. The number of fused-ring (bicyclic) bond motifs is 1. The zero-order valence-electron chi connectivity index (χ0n) is 14.6. The van der Waals surface area contributed by atoms with Crippen LogP contribution in [0.15, 0.2) is 30.3 Å². The monoisotopic (exact) mass is 365 g/mol. The Bertz CT molecular complexity index is 982. The molecule has 0 unspecified atom stereocenters. The van der Waals surface area contributed by atoms with Crippen molar-refractivity contribution in [3.63, 3.8) is 0 Å². The van der Waals surface area contributed by atoms with Gasteiger partial charge in [-0.05, 0) is 25.0 Å². The van der Waals surface area contributed by atoms with Crippen LogP contribution < -0.4 is 16.4 Å². The van der Waals surface area contributed by atoms with Crippen molar-refractivity contribution in [2.45, 2.75) is 19.4 Å². The van der Waals surface area contributed by atoms with E-state index >= 15 is 0 Å². The molecule has 1 aliphatic rings. The second-order valence-corrected chi connectivity index (χ2v) is 6.29. The van der Waals surface area contributed by atoms with Gasteiger partial charge in [-0.15, -0.1) is 0 Å². The Hall–Kier alpha value is -3.49. The summed E-state index contributed by atoms with van der Waals surface area (Å²) in [5, 5.41) is 0.876. The lowest BCUT2D eigenvalue weighted by atomic mass is 10.1. The molecule has 1 saturated heterocycles. The van der Waals surface area contributed by atoms with Gasteiger partial charge in [-0.1, -0.05) is 18.2 Å². The van der Waals surface area contributed by atoms with Crippen molar-refractivity contribution in [1.29, 1.82) is 0 Å². The van der Waals surface area contributed by atoms with E-state index < -0.39 is 5.97 Å². The molecule has 9 nitrogen and oxygen atoms in total. The van der Waals surface area contributed by atoms with E-state index in [0.717, 1.165) is 36.8 Å². The Labute approximate surface area is 155 Å². The number of rotatable bonds is 4. The number of aromatic nitrogens is 4. The number of pyridine rings is 1. The van der Waals surface area contributed by atoms with Crippen LogP contribution in [0.5, 0.6) is 0 Å². The van der Waals surface area contributed by atoms with E-state index in [2.05, 4.69) is 19.9 Å². The van der Waals surface area contributed by atoms with Gasteiger partial charge < -0.3 is 21.1 Å². The summed E-state index contributed by atoms with van der Waals surface area (Å²) in [4.78, 5) is 31.1. The zero-order chi connectivity index (χ0) is 18.8. The van der Waals surface area contributed by atoms with E-state index in [4.69, 9.17) is 21.2 Å². The van der Waals surface area contributed by atoms with Crippen molar-refractivity contribution < 1.29 is 9.53 Å². The molecule has 0 spiro atoms. The molecule has 0 atom stereocenters. The first kappa shape index (κ1) is 17.0. The number of hydrogen-bond acceptors (Lipinski definition) is 9. The summed E-state index contributed by atoms with van der Waals surface area (Å²) in [5.74, 6) is 0.320. The highest BCUT2D eigenvalue weighted by atomic mass is 16.5. The molecule has 4 N–H and O–H groups in total.